The minimum atomic E-state index is -1.28. The molecule has 3 N–H and O–H groups in total. The second-order valence-corrected chi connectivity index (χ2v) is 4.15. The maximum Gasteiger partial charge on any atom is 0.323 e. The van der Waals surface area contributed by atoms with Crippen LogP contribution in [0.5, 0.6) is 5.75 Å². The highest BCUT2D eigenvalue weighted by molar-refractivity contribution is 5.84. The van der Waals surface area contributed by atoms with Crippen LogP contribution in [0, 0.1) is 0 Å². The quantitative estimate of drug-likeness (QED) is 0.669. The number of hydrogen-bond acceptors (Lipinski definition) is 4. The Morgan fingerprint density at radius 2 is 1.81 bits per heavy atom. The number of nitrogens with one attached hydrogen (secondary N) is 1. The molecule has 0 saturated carbocycles. The van der Waals surface area contributed by atoms with Gasteiger partial charge in [-0.1, -0.05) is 12.1 Å². The van der Waals surface area contributed by atoms with E-state index >= 15 is 0 Å². The van der Waals surface area contributed by atoms with Gasteiger partial charge < -0.3 is 25.2 Å². The van der Waals surface area contributed by atoms with Crippen LogP contribution in [0.25, 0.3) is 0 Å². The Bertz CT molecular complexity index is 515. The molecule has 0 fully saturated rings. The summed E-state index contributed by atoms with van der Waals surface area (Å²) in [5, 5.41) is 19.8. The third-order valence-electron chi connectivity index (χ3n) is 2.52. The lowest BCUT2D eigenvalue weighted by Gasteiger charge is -2.19. The lowest BCUT2D eigenvalue weighted by Crippen LogP contribution is -2.45. The first-order valence-corrected chi connectivity index (χ1v) is 6.01. The number of nitrogens with zero attached hydrogens (tertiary/aromatic N) is 1. The van der Waals surface area contributed by atoms with Gasteiger partial charge in [0, 0.05) is 6.54 Å². The number of carboxylic acids is 2. The number of carbonyl (C=O) groups excluding carboxylic acids is 1. The molecule has 1 aromatic carbocycles. The molecule has 0 aliphatic carbocycles. The third kappa shape index (κ3) is 5.81. The molecule has 1 aromatic rings. The first kappa shape index (κ1) is 16.3. The summed E-state index contributed by atoms with van der Waals surface area (Å²) in [6, 6.07) is 6.18. The molecule has 0 radical (unpaired) electrons. The second-order valence-electron chi connectivity index (χ2n) is 4.15. The van der Waals surface area contributed by atoms with Gasteiger partial charge in [-0.25, -0.2) is 4.79 Å². The zero-order valence-electron chi connectivity index (χ0n) is 11.4. The Balaban J connectivity index is 2.63. The Labute approximate surface area is 120 Å². The van der Waals surface area contributed by atoms with Gasteiger partial charge in [-0.15, -0.1) is 0 Å². The summed E-state index contributed by atoms with van der Waals surface area (Å²) in [5.41, 5.74) is 0.744. The number of urea groups is 1. The Hall–Kier alpha value is -2.77. The first-order chi connectivity index (χ1) is 9.92. The fourth-order valence-electron chi connectivity index (χ4n) is 1.60. The van der Waals surface area contributed by atoms with Crippen LogP contribution in [-0.2, 0) is 16.1 Å². The molecule has 8 nitrogen and oxygen atoms in total. The van der Waals surface area contributed by atoms with E-state index in [2.05, 4.69) is 5.32 Å². The van der Waals surface area contributed by atoms with Gasteiger partial charge in [-0.05, 0) is 17.7 Å². The molecule has 1 rings (SSSR count). The molecular weight excluding hydrogens is 280 g/mol. The van der Waals surface area contributed by atoms with Gasteiger partial charge in [0.1, 0.15) is 18.8 Å². The number of carboxylic acid groups (broad SMARTS) is 2. The van der Waals surface area contributed by atoms with Crippen molar-refractivity contribution in [2.24, 2.45) is 0 Å². The molecule has 0 bridgehead atoms. The minimum absolute atomic E-state index is 0.131. The van der Waals surface area contributed by atoms with E-state index in [-0.39, 0.29) is 6.54 Å². The second kappa shape index (κ2) is 7.73. The van der Waals surface area contributed by atoms with Gasteiger partial charge in [0.2, 0.25) is 0 Å². The largest absolute Gasteiger partial charge is 0.497 e. The fraction of sp³-hybridized carbons (Fsp3) is 0.308. The first-order valence-electron chi connectivity index (χ1n) is 6.01. The summed E-state index contributed by atoms with van der Waals surface area (Å²) in [6.45, 7) is -1.24. The van der Waals surface area contributed by atoms with Crippen molar-refractivity contribution in [3.05, 3.63) is 29.8 Å². The topological polar surface area (TPSA) is 116 Å². The van der Waals surface area contributed by atoms with Crippen LogP contribution in [-0.4, -0.2) is 53.3 Å². The average Bonchev–Trinajstić information content (AvgIpc) is 2.43. The molecule has 0 aliphatic rings. The van der Waals surface area contributed by atoms with Gasteiger partial charge >= 0.3 is 18.0 Å². The number of benzene rings is 1. The summed E-state index contributed by atoms with van der Waals surface area (Å²) >= 11 is 0. The van der Waals surface area contributed by atoms with E-state index in [1.807, 2.05) is 0 Å². The highest BCUT2D eigenvalue weighted by Crippen LogP contribution is 2.12. The Kier molecular flexibility index (Phi) is 5.99. The summed E-state index contributed by atoms with van der Waals surface area (Å²) in [4.78, 5) is 33.7. The zero-order chi connectivity index (χ0) is 15.8. The Morgan fingerprint density at radius 3 is 2.33 bits per heavy atom. The molecule has 21 heavy (non-hydrogen) atoms. The summed E-state index contributed by atoms with van der Waals surface area (Å²) < 4.78 is 5.04. The predicted octanol–water partition coefficient (Wildman–Crippen LogP) is 0.376. The van der Waals surface area contributed by atoms with Crippen molar-refractivity contribution in [2.75, 3.05) is 20.2 Å². The van der Waals surface area contributed by atoms with Crippen molar-refractivity contribution in [1.82, 2.24) is 10.2 Å². The number of carbonyl (C=O) groups is 3. The standard InChI is InChI=1S/C13H16N2O6/c1-21-10-4-2-3-9(5-10)6-14-13(20)15(7-11(16)17)8-12(18)19/h2-5H,6-8H2,1H3,(H,14,20)(H,16,17)(H,18,19). The molecule has 114 valence electrons. The molecule has 0 atom stereocenters. The SMILES string of the molecule is COc1cccc(CNC(=O)N(CC(=O)O)CC(=O)O)c1. The third-order valence-corrected chi connectivity index (χ3v) is 2.52. The van der Waals surface area contributed by atoms with Crippen LogP contribution in [0.3, 0.4) is 0 Å². The summed E-state index contributed by atoms with van der Waals surface area (Å²) in [6.07, 6.45) is 0. The minimum Gasteiger partial charge on any atom is -0.497 e. The summed E-state index contributed by atoms with van der Waals surface area (Å²) in [7, 11) is 1.51. The van der Waals surface area contributed by atoms with Crippen LogP contribution >= 0.6 is 0 Å². The molecule has 2 amide bonds. The maximum absolute atomic E-state index is 11.8. The Morgan fingerprint density at radius 1 is 1.19 bits per heavy atom. The molecule has 8 heteroatoms. The molecule has 0 spiro atoms. The molecular formula is C13H16N2O6. The van der Waals surface area contributed by atoms with Gasteiger partial charge in [0.15, 0.2) is 0 Å². The number of ether oxygens (including phenoxy) is 1. The lowest BCUT2D eigenvalue weighted by atomic mass is 10.2. The monoisotopic (exact) mass is 296 g/mol. The number of amides is 2. The van der Waals surface area contributed by atoms with E-state index in [0.717, 1.165) is 5.56 Å². The van der Waals surface area contributed by atoms with Crippen LogP contribution in [0.2, 0.25) is 0 Å². The number of methoxy groups -OCH3 is 1. The fourth-order valence-corrected chi connectivity index (χ4v) is 1.60. The molecule has 0 aliphatic heterocycles. The van der Waals surface area contributed by atoms with Crippen molar-refractivity contribution in [2.45, 2.75) is 6.54 Å². The highest BCUT2D eigenvalue weighted by atomic mass is 16.5. The van der Waals surface area contributed by atoms with Gasteiger partial charge in [-0.2, -0.15) is 0 Å². The maximum atomic E-state index is 11.8. The normalized spacial score (nSPS) is 9.76. The molecule has 0 heterocycles. The van der Waals surface area contributed by atoms with Crippen molar-refractivity contribution in [3.63, 3.8) is 0 Å². The lowest BCUT2D eigenvalue weighted by molar-refractivity contribution is -0.140. The van der Waals surface area contributed by atoms with E-state index in [1.165, 1.54) is 7.11 Å². The van der Waals surface area contributed by atoms with Crippen LogP contribution in [0.1, 0.15) is 5.56 Å². The molecule has 0 saturated heterocycles. The van der Waals surface area contributed by atoms with Crippen molar-refractivity contribution in [1.29, 1.82) is 0 Å². The number of rotatable bonds is 7. The van der Waals surface area contributed by atoms with Crippen molar-refractivity contribution < 1.29 is 29.3 Å². The van der Waals surface area contributed by atoms with E-state index in [1.54, 1.807) is 24.3 Å². The zero-order valence-corrected chi connectivity index (χ0v) is 11.4. The van der Waals surface area contributed by atoms with Gasteiger partial charge in [0.05, 0.1) is 7.11 Å². The van der Waals surface area contributed by atoms with E-state index in [9.17, 15) is 14.4 Å². The van der Waals surface area contributed by atoms with Gasteiger partial charge in [0.25, 0.3) is 0 Å². The van der Waals surface area contributed by atoms with E-state index < -0.39 is 31.1 Å². The highest BCUT2D eigenvalue weighted by Gasteiger charge is 2.19. The average molecular weight is 296 g/mol. The van der Waals surface area contributed by atoms with Crippen molar-refractivity contribution >= 4 is 18.0 Å². The van der Waals surface area contributed by atoms with Crippen LogP contribution < -0.4 is 10.1 Å². The number of aliphatic carboxylic acids is 2. The van der Waals surface area contributed by atoms with E-state index in [0.29, 0.717) is 10.6 Å². The number of hydrogen-bond donors (Lipinski definition) is 3. The van der Waals surface area contributed by atoms with E-state index in [4.69, 9.17) is 14.9 Å². The van der Waals surface area contributed by atoms with Crippen LogP contribution in [0.15, 0.2) is 24.3 Å². The molecule has 0 unspecified atom stereocenters. The van der Waals surface area contributed by atoms with Crippen LogP contribution in [0.4, 0.5) is 4.79 Å². The summed E-state index contributed by atoms with van der Waals surface area (Å²) in [5.74, 6) is -1.95. The van der Waals surface area contributed by atoms with Crippen molar-refractivity contribution in [3.8, 4) is 5.75 Å². The van der Waals surface area contributed by atoms with Gasteiger partial charge in [-0.3, -0.25) is 9.59 Å². The smallest absolute Gasteiger partial charge is 0.323 e. The predicted molar refractivity (Wildman–Crippen MR) is 72.1 cm³/mol. The molecule has 0 aromatic heterocycles.